The van der Waals surface area contributed by atoms with E-state index >= 15 is 0 Å². The van der Waals surface area contributed by atoms with Gasteiger partial charge in [-0.15, -0.1) is 0 Å². The lowest BCUT2D eigenvalue weighted by atomic mass is 9.97. The van der Waals surface area contributed by atoms with Crippen LogP contribution in [0.1, 0.15) is 12.8 Å². The Balaban J connectivity index is 1.89. The van der Waals surface area contributed by atoms with Gasteiger partial charge in [-0.2, -0.15) is 0 Å². The number of piperidine rings is 1. The van der Waals surface area contributed by atoms with E-state index in [4.69, 9.17) is 4.74 Å². The predicted molar refractivity (Wildman–Crippen MR) is 71.7 cm³/mol. The molecule has 4 heteroatoms. The van der Waals surface area contributed by atoms with Crippen LogP contribution in [0.25, 0.3) is 0 Å². The largest absolute Gasteiger partial charge is 0.497 e. The van der Waals surface area contributed by atoms with Gasteiger partial charge in [0.15, 0.2) is 0 Å². The zero-order chi connectivity index (χ0) is 13.0. The van der Waals surface area contributed by atoms with Crippen molar-refractivity contribution in [2.24, 2.45) is 5.92 Å². The van der Waals surface area contributed by atoms with Crippen molar-refractivity contribution in [1.82, 2.24) is 4.90 Å². The molecule has 0 amide bonds. The van der Waals surface area contributed by atoms with Crippen molar-refractivity contribution in [3.8, 4) is 5.75 Å². The van der Waals surface area contributed by atoms with Gasteiger partial charge in [-0.25, -0.2) is 4.39 Å². The van der Waals surface area contributed by atoms with Crippen LogP contribution < -0.4 is 10.1 Å². The Bertz CT molecular complexity index is 389. The number of anilines is 1. The molecular formula is C14H21FN2O. The Morgan fingerprint density at radius 1 is 1.39 bits per heavy atom. The molecule has 2 rings (SSSR count). The summed E-state index contributed by atoms with van der Waals surface area (Å²) in [6.45, 7) is 3.10. The molecule has 1 aromatic carbocycles. The van der Waals surface area contributed by atoms with Gasteiger partial charge >= 0.3 is 0 Å². The van der Waals surface area contributed by atoms with Crippen LogP contribution in [-0.4, -0.2) is 38.7 Å². The quantitative estimate of drug-likeness (QED) is 0.891. The first-order valence-electron chi connectivity index (χ1n) is 6.45. The van der Waals surface area contributed by atoms with Gasteiger partial charge in [0.25, 0.3) is 0 Å². The second-order valence-corrected chi connectivity index (χ2v) is 4.97. The summed E-state index contributed by atoms with van der Waals surface area (Å²) in [5.74, 6) is 1.10. The first-order chi connectivity index (χ1) is 8.69. The topological polar surface area (TPSA) is 24.5 Å². The van der Waals surface area contributed by atoms with Gasteiger partial charge in [-0.05, 0) is 51.0 Å². The zero-order valence-electron chi connectivity index (χ0n) is 11.1. The summed E-state index contributed by atoms with van der Waals surface area (Å²) in [7, 11) is 3.74. The van der Waals surface area contributed by atoms with E-state index in [1.807, 2.05) is 0 Å². The number of rotatable bonds is 4. The van der Waals surface area contributed by atoms with Gasteiger partial charge in [0.2, 0.25) is 0 Å². The van der Waals surface area contributed by atoms with Crippen LogP contribution in [0.15, 0.2) is 18.2 Å². The number of hydrogen-bond acceptors (Lipinski definition) is 3. The van der Waals surface area contributed by atoms with Crippen LogP contribution >= 0.6 is 0 Å². The normalized spacial score (nSPS) is 17.7. The highest BCUT2D eigenvalue weighted by atomic mass is 19.1. The summed E-state index contributed by atoms with van der Waals surface area (Å²) in [5.41, 5.74) is 0.535. The van der Waals surface area contributed by atoms with Crippen molar-refractivity contribution >= 4 is 5.69 Å². The van der Waals surface area contributed by atoms with Crippen molar-refractivity contribution in [3.05, 3.63) is 24.0 Å². The summed E-state index contributed by atoms with van der Waals surface area (Å²) in [6.07, 6.45) is 2.35. The van der Waals surface area contributed by atoms with Gasteiger partial charge in [0, 0.05) is 12.6 Å². The Morgan fingerprint density at radius 2 is 2.11 bits per heavy atom. The van der Waals surface area contributed by atoms with E-state index in [1.165, 1.54) is 18.9 Å². The number of nitrogens with zero attached hydrogens (tertiary/aromatic N) is 1. The number of halogens is 1. The maximum Gasteiger partial charge on any atom is 0.146 e. The highest BCUT2D eigenvalue weighted by Crippen LogP contribution is 2.23. The smallest absolute Gasteiger partial charge is 0.146 e. The van der Waals surface area contributed by atoms with Crippen molar-refractivity contribution in [3.63, 3.8) is 0 Å². The molecule has 0 atom stereocenters. The molecule has 1 fully saturated rings. The van der Waals surface area contributed by atoms with Crippen LogP contribution in [0.4, 0.5) is 10.1 Å². The third-order valence-corrected chi connectivity index (χ3v) is 3.59. The highest BCUT2D eigenvalue weighted by Gasteiger charge is 2.16. The molecule has 100 valence electrons. The first kappa shape index (κ1) is 13.1. The molecule has 3 nitrogen and oxygen atoms in total. The second-order valence-electron chi connectivity index (χ2n) is 4.97. The van der Waals surface area contributed by atoms with Crippen LogP contribution in [-0.2, 0) is 0 Å². The fourth-order valence-electron chi connectivity index (χ4n) is 2.29. The molecule has 0 aromatic heterocycles. The van der Waals surface area contributed by atoms with Gasteiger partial charge in [0.1, 0.15) is 11.6 Å². The molecule has 1 saturated heterocycles. The Hall–Kier alpha value is -1.29. The van der Waals surface area contributed by atoms with E-state index < -0.39 is 0 Å². The number of likely N-dealkylation sites (tertiary alicyclic amines) is 1. The zero-order valence-corrected chi connectivity index (χ0v) is 11.1. The third-order valence-electron chi connectivity index (χ3n) is 3.59. The van der Waals surface area contributed by atoms with E-state index in [0.29, 0.717) is 17.4 Å². The minimum atomic E-state index is -0.219. The van der Waals surface area contributed by atoms with Crippen molar-refractivity contribution in [2.45, 2.75) is 12.8 Å². The molecule has 0 aliphatic carbocycles. The van der Waals surface area contributed by atoms with Crippen LogP contribution in [0.2, 0.25) is 0 Å². The molecule has 1 N–H and O–H groups in total. The lowest BCUT2D eigenvalue weighted by Gasteiger charge is -2.29. The van der Waals surface area contributed by atoms with E-state index in [0.717, 1.165) is 19.6 Å². The maximum atomic E-state index is 13.6. The van der Waals surface area contributed by atoms with Crippen molar-refractivity contribution in [2.75, 3.05) is 39.1 Å². The predicted octanol–water partition coefficient (Wildman–Crippen LogP) is 2.59. The molecule has 0 saturated carbocycles. The number of benzene rings is 1. The van der Waals surface area contributed by atoms with E-state index in [2.05, 4.69) is 17.3 Å². The Labute approximate surface area is 108 Å². The number of methoxy groups -OCH3 is 1. The number of nitrogens with one attached hydrogen (secondary N) is 1. The van der Waals surface area contributed by atoms with Crippen LogP contribution in [0.3, 0.4) is 0 Å². The minimum Gasteiger partial charge on any atom is -0.497 e. The van der Waals surface area contributed by atoms with Gasteiger partial charge in [-0.3, -0.25) is 0 Å². The van der Waals surface area contributed by atoms with Crippen LogP contribution in [0, 0.1) is 11.7 Å². The lowest BCUT2D eigenvalue weighted by molar-refractivity contribution is 0.226. The highest BCUT2D eigenvalue weighted by molar-refractivity contribution is 5.49. The monoisotopic (exact) mass is 252 g/mol. The Morgan fingerprint density at radius 3 is 2.78 bits per heavy atom. The number of ether oxygens (including phenoxy) is 1. The van der Waals surface area contributed by atoms with Gasteiger partial charge in [0.05, 0.1) is 12.8 Å². The molecule has 0 bridgehead atoms. The summed E-state index contributed by atoms with van der Waals surface area (Å²) >= 11 is 0. The summed E-state index contributed by atoms with van der Waals surface area (Å²) in [4.78, 5) is 2.34. The second kappa shape index (κ2) is 6.05. The standard InChI is InChI=1S/C14H21FN2O/c1-17-7-5-11(6-8-17)10-16-14-9-12(18-2)3-4-13(14)15/h3-4,9,11,16H,5-8,10H2,1-2H3. The third kappa shape index (κ3) is 3.35. The first-order valence-corrected chi connectivity index (χ1v) is 6.45. The maximum absolute atomic E-state index is 13.6. The molecular weight excluding hydrogens is 231 g/mol. The molecule has 0 unspecified atom stereocenters. The molecule has 0 spiro atoms. The van der Waals surface area contributed by atoms with Crippen LogP contribution in [0.5, 0.6) is 5.75 Å². The Kier molecular flexibility index (Phi) is 4.42. The molecule has 1 heterocycles. The fourth-order valence-corrected chi connectivity index (χ4v) is 2.29. The van der Waals surface area contributed by atoms with Gasteiger partial charge < -0.3 is 15.0 Å². The fraction of sp³-hybridized carbons (Fsp3) is 0.571. The van der Waals surface area contributed by atoms with Crippen molar-refractivity contribution < 1.29 is 9.13 Å². The number of hydrogen-bond donors (Lipinski definition) is 1. The SMILES string of the molecule is COc1ccc(F)c(NCC2CCN(C)CC2)c1. The summed E-state index contributed by atoms with van der Waals surface area (Å²) in [6, 6.07) is 4.79. The average Bonchev–Trinajstić information content (AvgIpc) is 2.40. The van der Waals surface area contributed by atoms with Crippen molar-refractivity contribution in [1.29, 1.82) is 0 Å². The lowest BCUT2D eigenvalue weighted by Crippen LogP contribution is -2.33. The molecule has 1 aliphatic rings. The van der Waals surface area contributed by atoms with Gasteiger partial charge in [-0.1, -0.05) is 0 Å². The summed E-state index contributed by atoms with van der Waals surface area (Å²) in [5, 5.41) is 3.20. The van der Waals surface area contributed by atoms with E-state index in [1.54, 1.807) is 19.2 Å². The summed E-state index contributed by atoms with van der Waals surface area (Å²) < 4.78 is 18.7. The molecule has 1 aliphatic heterocycles. The van der Waals surface area contributed by atoms with E-state index in [-0.39, 0.29) is 5.82 Å². The molecule has 0 radical (unpaired) electrons. The molecule has 18 heavy (non-hydrogen) atoms. The minimum absolute atomic E-state index is 0.219. The average molecular weight is 252 g/mol. The van der Waals surface area contributed by atoms with E-state index in [9.17, 15) is 4.39 Å². The molecule has 1 aromatic rings.